The molecule has 0 spiro atoms. The van der Waals surface area contributed by atoms with Gasteiger partial charge < -0.3 is 14.8 Å². The number of benzene rings is 2. The molecule has 0 fully saturated rings. The number of ether oxygens (including phenoxy) is 2. The summed E-state index contributed by atoms with van der Waals surface area (Å²) in [5.74, 6) is 0.683. The van der Waals surface area contributed by atoms with E-state index < -0.39 is 5.82 Å². The summed E-state index contributed by atoms with van der Waals surface area (Å²) in [4.78, 5) is 0. The highest BCUT2D eigenvalue weighted by molar-refractivity contribution is 7.80. The number of para-hydroxylation sites is 1. The second-order valence-corrected chi connectivity index (χ2v) is 5.36. The van der Waals surface area contributed by atoms with Crippen LogP contribution in [0.3, 0.4) is 0 Å². The fraction of sp³-hybridized carbons (Fsp3) is 0.0667. The van der Waals surface area contributed by atoms with Gasteiger partial charge in [0, 0.05) is 0 Å². The lowest BCUT2D eigenvalue weighted by Crippen LogP contribution is -2.24. The van der Waals surface area contributed by atoms with Crippen molar-refractivity contribution in [3.63, 3.8) is 0 Å². The molecule has 1 aliphatic rings. The van der Waals surface area contributed by atoms with Crippen LogP contribution in [0, 0.1) is 5.82 Å². The van der Waals surface area contributed by atoms with E-state index in [1.54, 1.807) is 30.3 Å². The number of nitrogens with zero attached hydrogens (tertiary/aromatic N) is 1. The van der Waals surface area contributed by atoms with Crippen molar-refractivity contribution in [1.82, 2.24) is 5.43 Å². The predicted octanol–water partition coefficient (Wildman–Crippen LogP) is 3.53. The number of rotatable bonds is 3. The van der Waals surface area contributed by atoms with Gasteiger partial charge in [-0.05, 0) is 42.0 Å². The summed E-state index contributed by atoms with van der Waals surface area (Å²) in [7, 11) is 0. The topological polar surface area (TPSA) is 54.9 Å². The van der Waals surface area contributed by atoms with Gasteiger partial charge >= 0.3 is 0 Å². The monoisotopic (exact) mass is 351 g/mol. The van der Waals surface area contributed by atoms with Gasteiger partial charge in [-0.3, -0.25) is 5.43 Å². The minimum Gasteiger partial charge on any atom is -0.454 e. The van der Waals surface area contributed by atoms with Crippen molar-refractivity contribution in [2.45, 2.75) is 0 Å². The zero-order chi connectivity index (χ0) is 16.2. The third-order valence-electron chi connectivity index (χ3n) is 2.95. The average molecular weight is 352 g/mol. The fourth-order valence-corrected chi connectivity index (χ4v) is 2.38. The van der Waals surface area contributed by atoms with Crippen LogP contribution in [-0.2, 0) is 0 Å². The zero-order valence-corrected chi connectivity index (χ0v) is 13.2. The molecular weight excluding hydrogens is 341 g/mol. The molecule has 8 heteroatoms. The Morgan fingerprint density at radius 3 is 2.96 bits per heavy atom. The molecule has 0 saturated carbocycles. The summed E-state index contributed by atoms with van der Waals surface area (Å²) in [6.45, 7) is 0.143. The molecule has 23 heavy (non-hydrogen) atoms. The summed E-state index contributed by atoms with van der Waals surface area (Å²) in [5, 5.41) is 7.29. The summed E-state index contributed by atoms with van der Waals surface area (Å²) in [6.07, 6.45) is 1.52. The van der Waals surface area contributed by atoms with Gasteiger partial charge in [0.15, 0.2) is 16.6 Å². The van der Waals surface area contributed by atoms with Crippen LogP contribution in [0.5, 0.6) is 11.5 Å². The molecule has 0 saturated heterocycles. The molecule has 1 aliphatic heterocycles. The Morgan fingerprint density at radius 1 is 1.30 bits per heavy atom. The number of thiocarbonyl (C=S) groups is 1. The van der Waals surface area contributed by atoms with Gasteiger partial charge in [0.2, 0.25) is 6.79 Å². The Bertz CT molecular complexity index is 785. The first-order chi connectivity index (χ1) is 11.1. The van der Waals surface area contributed by atoms with Crippen molar-refractivity contribution in [2.24, 2.45) is 5.10 Å². The second-order valence-electron chi connectivity index (χ2n) is 4.54. The first-order valence-corrected chi connectivity index (χ1v) is 7.36. The first kappa shape index (κ1) is 15.5. The second kappa shape index (κ2) is 6.80. The Hall–Kier alpha value is -2.38. The Labute approximate surface area is 142 Å². The molecule has 2 aromatic carbocycles. The number of halogens is 2. The maximum absolute atomic E-state index is 13.5. The van der Waals surface area contributed by atoms with Crippen molar-refractivity contribution >= 4 is 40.8 Å². The van der Waals surface area contributed by atoms with Gasteiger partial charge in [0.05, 0.1) is 16.9 Å². The van der Waals surface area contributed by atoms with Gasteiger partial charge in [-0.2, -0.15) is 5.10 Å². The lowest BCUT2D eigenvalue weighted by Gasteiger charge is -2.07. The van der Waals surface area contributed by atoms with Crippen LogP contribution in [0.1, 0.15) is 5.56 Å². The smallest absolute Gasteiger partial charge is 0.231 e. The van der Waals surface area contributed by atoms with Crippen LogP contribution in [0.2, 0.25) is 5.02 Å². The predicted molar refractivity (Wildman–Crippen MR) is 90.9 cm³/mol. The minimum absolute atomic E-state index is 0.143. The Kier molecular flexibility index (Phi) is 4.59. The maximum atomic E-state index is 13.5. The molecule has 3 rings (SSSR count). The number of hydrogen-bond donors (Lipinski definition) is 2. The highest BCUT2D eigenvalue weighted by Gasteiger charge is 2.17. The highest BCUT2D eigenvalue weighted by Crippen LogP contribution is 2.39. The Balaban J connectivity index is 1.62. The van der Waals surface area contributed by atoms with Crippen LogP contribution in [-0.4, -0.2) is 18.1 Å². The van der Waals surface area contributed by atoms with Crippen LogP contribution in [0.15, 0.2) is 41.5 Å². The fourth-order valence-electron chi connectivity index (χ4n) is 1.94. The lowest BCUT2D eigenvalue weighted by atomic mass is 10.2. The number of hydrogen-bond acceptors (Lipinski definition) is 4. The van der Waals surface area contributed by atoms with Crippen molar-refractivity contribution in [1.29, 1.82) is 0 Å². The molecular formula is C15H11ClFN3O2S. The maximum Gasteiger partial charge on any atom is 0.231 e. The third-order valence-corrected chi connectivity index (χ3v) is 3.43. The van der Waals surface area contributed by atoms with Crippen molar-refractivity contribution in [2.75, 3.05) is 12.1 Å². The van der Waals surface area contributed by atoms with E-state index in [-0.39, 0.29) is 17.6 Å². The summed E-state index contributed by atoms with van der Waals surface area (Å²) in [5.41, 5.74) is 3.58. The molecule has 0 bridgehead atoms. The Morgan fingerprint density at radius 2 is 2.13 bits per heavy atom. The third kappa shape index (κ3) is 3.69. The standard InChI is InChI=1S/C15H11ClFN3O2S/c16-10-5-9(6-13-14(10)22-8-21-13)7-18-20-15(23)19-12-4-2-1-3-11(12)17/h1-7H,8H2,(H2,19,20,23)/b18-7-. The highest BCUT2D eigenvalue weighted by atomic mass is 35.5. The molecule has 0 amide bonds. The average Bonchev–Trinajstić information content (AvgIpc) is 2.99. The minimum atomic E-state index is -0.400. The van der Waals surface area contributed by atoms with Crippen molar-refractivity contribution < 1.29 is 13.9 Å². The van der Waals surface area contributed by atoms with Gasteiger partial charge in [-0.25, -0.2) is 4.39 Å². The normalized spacial score (nSPS) is 12.4. The molecule has 2 N–H and O–H groups in total. The van der Waals surface area contributed by atoms with Crippen LogP contribution < -0.4 is 20.2 Å². The number of nitrogens with one attached hydrogen (secondary N) is 2. The summed E-state index contributed by atoms with van der Waals surface area (Å²) >= 11 is 11.1. The van der Waals surface area contributed by atoms with Gasteiger partial charge in [0.25, 0.3) is 0 Å². The summed E-state index contributed by atoms with van der Waals surface area (Å²) in [6, 6.07) is 9.64. The first-order valence-electron chi connectivity index (χ1n) is 6.57. The molecule has 0 atom stereocenters. The largest absolute Gasteiger partial charge is 0.454 e. The van der Waals surface area contributed by atoms with E-state index in [0.717, 1.165) is 0 Å². The van der Waals surface area contributed by atoms with Crippen molar-refractivity contribution in [3.8, 4) is 11.5 Å². The van der Waals surface area contributed by atoms with Crippen LogP contribution in [0.4, 0.5) is 10.1 Å². The van der Waals surface area contributed by atoms with Crippen molar-refractivity contribution in [3.05, 3.63) is 52.8 Å². The molecule has 0 aliphatic carbocycles. The van der Waals surface area contributed by atoms with E-state index in [4.69, 9.17) is 33.3 Å². The molecule has 0 radical (unpaired) electrons. The molecule has 2 aromatic rings. The van der Waals surface area contributed by atoms with E-state index in [0.29, 0.717) is 22.1 Å². The van der Waals surface area contributed by atoms with E-state index in [9.17, 15) is 4.39 Å². The SMILES string of the molecule is Fc1ccccc1NC(=S)N/N=C\c1cc(Cl)c2c(c1)OCO2. The zero-order valence-electron chi connectivity index (χ0n) is 11.7. The summed E-state index contributed by atoms with van der Waals surface area (Å²) < 4.78 is 24.0. The number of fused-ring (bicyclic) bond motifs is 1. The quantitative estimate of drug-likeness (QED) is 0.503. The van der Waals surface area contributed by atoms with E-state index in [1.165, 1.54) is 12.3 Å². The molecule has 0 unspecified atom stereocenters. The molecule has 0 aromatic heterocycles. The van der Waals surface area contributed by atoms with E-state index in [1.807, 2.05) is 0 Å². The van der Waals surface area contributed by atoms with Gasteiger partial charge in [-0.15, -0.1) is 0 Å². The van der Waals surface area contributed by atoms with E-state index in [2.05, 4.69) is 15.8 Å². The molecule has 1 heterocycles. The van der Waals surface area contributed by atoms with Gasteiger partial charge in [0.1, 0.15) is 5.82 Å². The molecule has 118 valence electrons. The van der Waals surface area contributed by atoms with Crippen LogP contribution >= 0.6 is 23.8 Å². The number of hydrazone groups is 1. The molecule has 5 nitrogen and oxygen atoms in total. The van der Waals surface area contributed by atoms with Crippen LogP contribution in [0.25, 0.3) is 0 Å². The van der Waals surface area contributed by atoms with Gasteiger partial charge in [-0.1, -0.05) is 23.7 Å². The number of anilines is 1. The lowest BCUT2D eigenvalue weighted by molar-refractivity contribution is 0.174. The van der Waals surface area contributed by atoms with E-state index >= 15 is 0 Å².